The van der Waals surface area contributed by atoms with Gasteiger partial charge in [0.2, 0.25) is 0 Å². The minimum Gasteiger partial charge on any atom is -0.256 e. The van der Waals surface area contributed by atoms with Crippen molar-refractivity contribution >= 4 is 10.9 Å². The first-order valence-corrected chi connectivity index (χ1v) is 3.47. The molecule has 0 amide bonds. The third kappa shape index (κ3) is 0.984. The summed E-state index contributed by atoms with van der Waals surface area (Å²) in [4.78, 5) is 4.16. The lowest BCUT2D eigenvalue weighted by Crippen LogP contribution is -1.79. The number of aromatic nitrogens is 1. The minimum atomic E-state index is 0.788. The molecule has 0 saturated carbocycles. The van der Waals surface area contributed by atoms with E-state index < -0.39 is 0 Å². The molecule has 1 heteroatoms. The average Bonchev–Trinajstić information content (AvgIpc) is 2.06. The minimum absolute atomic E-state index is 0.788. The lowest BCUT2D eigenvalue weighted by atomic mass is 10.1. The maximum Gasteiger partial charge on any atom is 0.0704 e. The molecule has 0 spiro atoms. The molecular formula is C10H7N. The van der Waals surface area contributed by atoms with Crippen LogP contribution in [-0.2, 0) is 0 Å². The Balaban J connectivity index is 2.91. The molecule has 0 unspecified atom stereocenters. The van der Waals surface area contributed by atoms with E-state index in [1.807, 2.05) is 30.3 Å². The van der Waals surface area contributed by atoms with Gasteiger partial charge in [-0.05, 0) is 24.6 Å². The van der Waals surface area contributed by atoms with E-state index in [-0.39, 0.29) is 0 Å². The quantitative estimate of drug-likeness (QED) is 0.548. The summed E-state index contributed by atoms with van der Waals surface area (Å²) in [5.74, 6) is 0. The molecular weight excluding hydrogens is 134 g/mol. The van der Waals surface area contributed by atoms with Crippen LogP contribution >= 0.6 is 0 Å². The van der Waals surface area contributed by atoms with Gasteiger partial charge in [0.05, 0.1) is 5.52 Å². The molecule has 1 aromatic heterocycles. The Labute approximate surface area is 65.7 Å². The Bertz CT molecular complexity index is 374. The zero-order chi connectivity index (χ0) is 7.68. The van der Waals surface area contributed by atoms with E-state index in [4.69, 9.17) is 6.92 Å². The standard InChI is InChI=1S/C10H7N/c1-8-6-7-11-10-5-3-2-4-9(8)10/h1-7H. The highest BCUT2D eigenvalue weighted by Gasteiger charge is 1.93. The smallest absolute Gasteiger partial charge is 0.0704 e. The Morgan fingerprint density at radius 2 is 1.91 bits per heavy atom. The van der Waals surface area contributed by atoms with E-state index in [1.54, 1.807) is 6.20 Å². The Morgan fingerprint density at radius 3 is 2.73 bits per heavy atom. The van der Waals surface area contributed by atoms with E-state index in [0.29, 0.717) is 0 Å². The van der Waals surface area contributed by atoms with Crippen molar-refractivity contribution in [2.24, 2.45) is 0 Å². The fraction of sp³-hybridized carbons (Fsp3) is 0. The molecule has 11 heavy (non-hydrogen) atoms. The molecule has 0 aliphatic heterocycles. The number of hydrogen-bond acceptors (Lipinski definition) is 1. The molecule has 0 bridgehead atoms. The first kappa shape index (κ1) is 6.35. The van der Waals surface area contributed by atoms with Crippen LogP contribution in [0.5, 0.6) is 0 Å². The van der Waals surface area contributed by atoms with Crippen molar-refractivity contribution < 1.29 is 0 Å². The zero-order valence-corrected chi connectivity index (χ0v) is 5.99. The fourth-order valence-electron chi connectivity index (χ4n) is 1.12. The van der Waals surface area contributed by atoms with Gasteiger partial charge in [-0.25, -0.2) is 0 Å². The van der Waals surface area contributed by atoms with Crippen molar-refractivity contribution in [2.45, 2.75) is 0 Å². The van der Waals surface area contributed by atoms with Crippen LogP contribution in [0.25, 0.3) is 10.9 Å². The number of para-hydroxylation sites is 1. The first-order valence-electron chi connectivity index (χ1n) is 3.47. The summed E-state index contributed by atoms with van der Waals surface area (Å²) in [5.41, 5.74) is 1.74. The summed E-state index contributed by atoms with van der Waals surface area (Å²) in [6.07, 6.45) is 1.72. The summed E-state index contributed by atoms with van der Waals surface area (Å²) >= 11 is 0. The number of rotatable bonds is 0. The van der Waals surface area contributed by atoms with Gasteiger partial charge in [-0.3, -0.25) is 4.98 Å². The van der Waals surface area contributed by atoms with Gasteiger partial charge in [0.15, 0.2) is 0 Å². The SMILES string of the molecule is [CH]c1ccnc2ccccc12. The molecule has 0 aliphatic carbocycles. The summed E-state index contributed by atoms with van der Waals surface area (Å²) in [7, 11) is 0. The molecule has 1 heterocycles. The average molecular weight is 141 g/mol. The monoisotopic (exact) mass is 141 g/mol. The normalized spacial score (nSPS) is 10.3. The Hall–Kier alpha value is -1.37. The fourth-order valence-corrected chi connectivity index (χ4v) is 1.12. The molecule has 0 fully saturated rings. The molecule has 2 aromatic rings. The number of fused-ring (bicyclic) bond motifs is 1. The van der Waals surface area contributed by atoms with Crippen LogP contribution in [0.4, 0.5) is 0 Å². The maximum atomic E-state index is 5.72. The number of nitrogens with zero attached hydrogens (tertiary/aromatic N) is 1. The van der Waals surface area contributed by atoms with E-state index >= 15 is 0 Å². The third-order valence-electron chi connectivity index (χ3n) is 1.68. The van der Waals surface area contributed by atoms with Crippen molar-refractivity contribution in [3.05, 3.63) is 49.0 Å². The Kier molecular flexibility index (Phi) is 1.35. The topological polar surface area (TPSA) is 12.9 Å². The molecule has 2 radical (unpaired) electrons. The zero-order valence-electron chi connectivity index (χ0n) is 5.99. The molecule has 0 saturated heterocycles. The van der Waals surface area contributed by atoms with Gasteiger partial charge >= 0.3 is 0 Å². The summed E-state index contributed by atoms with van der Waals surface area (Å²) in [6.45, 7) is 5.72. The van der Waals surface area contributed by atoms with Gasteiger partial charge < -0.3 is 0 Å². The summed E-state index contributed by atoms with van der Waals surface area (Å²) in [6, 6.07) is 9.64. The first-order chi connectivity index (χ1) is 5.38. The lowest BCUT2D eigenvalue weighted by molar-refractivity contribution is 1.40. The van der Waals surface area contributed by atoms with E-state index in [1.165, 1.54) is 0 Å². The van der Waals surface area contributed by atoms with Gasteiger partial charge in [0.1, 0.15) is 0 Å². The van der Waals surface area contributed by atoms with Gasteiger partial charge in [0, 0.05) is 11.6 Å². The Morgan fingerprint density at radius 1 is 1.09 bits per heavy atom. The predicted molar refractivity (Wildman–Crippen MR) is 45.1 cm³/mol. The van der Waals surface area contributed by atoms with E-state index in [2.05, 4.69) is 4.98 Å². The number of pyridine rings is 1. The third-order valence-corrected chi connectivity index (χ3v) is 1.68. The van der Waals surface area contributed by atoms with Crippen molar-refractivity contribution in [2.75, 3.05) is 0 Å². The highest BCUT2D eigenvalue weighted by Crippen LogP contribution is 2.13. The second-order valence-electron chi connectivity index (χ2n) is 2.42. The van der Waals surface area contributed by atoms with E-state index in [0.717, 1.165) is 16.5 Å². The number of benzene rings is 1. The van der Waals surface area contributed by atoms with Crippen LogP contribution in [0, 0.1) is 6.92 Å². The van der Waals surface area contributed by atoms with Gasteiger partial charge in [-0.2, -0.15) is 0 Å². The van der Waals surface area contributed by atoms with Crippen molar-refractivity contribution in [3.8, 4) is 0 Å². The summed E-state index contributed by atoms with van der Waals surface area (Å²) < 4.78 is 0. The van der Waals surface area contributed by atoms with Crippen LogP contribution in [0.2, 0.25) is 0 Å². The van der Waals surface area contributed by atoms with Crippen LogP contribution in [-0.4, -0.2) is 4.98 Å². The molecule has 0 atom stereocenters. The largest absolute Gasteiger partial charge is 0.256 e. The molecule has 52 valence electrons. The van der Waals surface area contributed by atoms with Crippen LogP contribution in [0.1, 0.15) is 5.56 Å². The van der Waals surface area contributed by atoms with E-state index in [9.17, 15) is 0 Å². The van der Waals surface area contributed by atoms with Gasteiger partial charge in [-0.1, -0.05) is 18.2 Å². The van der Waals surface area contributed by atoms with Crippen molar-refractivity contribution in [1.29, 1.82) is 0 Å². The molecule has 2 rings (SSSR count). The second-order valence-corrected chi connectivity index (χ2v) is 2.42. The van der Waals surface area contributed by atoms with Gasteiger partial charge in [0.25, 0.3) is 0 Å². The predicted octanol–water partition coefficient (Wildman–Crippen LogP) is 2.29. The van der Waals surface area contributed by atoms with Crippen LogP contribution in [0.3, 0.4) is 0 Å². The molecule has 1 nitrogen and oxygen atoms in total. The van der Waals surface area contributed by atoms with Crippen LogP contribution < -0.4 is 0 Å². The van der Waals surface area contributed by atoms with Crippen molar-refractivity contribution in [3.63, 3.8) is 0 Å². The number of hydrogen-bond donors (Lipinski definition) is 0. The van der Waals surface area contributed by atoms with Gasteiger partial charge in [-0.15, -0.1) is 0 Å². The van der Waals surface area contributed by atoms with Crippen molar-refractivity contribution in [1.82, 2.24) is 4.98 Å². The second kappa shape index (κ2) is 2.35. The summed E-state index contributed by atoms with van der Waals surface area (Å²) in [5, 5.41) is 1.02. The molecule has 0 aliphatic rings. The highest BCUT2D eigenvalue weighted by molar-refractivity contribution is 5.82. The highest BCUT2D eigenvalue weighted by atomic mass is 14.6. The molecule has 1 aromatic carbocycles. The molecule has 0 N–H and O–H groups in total. The lowest BCUT2D eigenvalue weighted by Gasteiger charge is -1.97. The maximum absolute atomic E-state index is 5.72. The van der Waals surface area contributed by atoms with Crippen LogP contribution in [0.15, 0.2) is 36.5 Å².